The molecule has 0 N–H and O–H groups in total. The summed E-state index contributed by atoms with van der Waals surface area (Å²) in [6.07, 6.45) is 9.92. The van der Waals surface area contributed by atoms with E-state index in [2.05, 4.69) is 33.4 Å². The Balaban J connectivity index is 0. The molecule has 0 unspecified atom stereocenters. The summed E-state index contributed by atoms with van der Waals surface area (Å²) in [7, 11) is 2.24. The molecule has 0 rings (SSSR count). The molecule has 0 aliphatic carbocycles. The fourth-order valence-corrected chi connectivity index (χ4v) is 1.95. The normalized spacial score (nSPS) is 10.4. The van der Waals surface area contributed by atoms with Gasteiger partial charge in [0.25, 0.3) is 0 Å². The zero-order valence-corrected chi connectivity index (χ0v) is 11.1. The molecule has 0 saturated heterocycles. The maximum absolute atomic E-state index is 3.83. The second kappa shape index (κ2) is 9.44. The minimum absolute atomic E-state index is 0. The van der Waals surface area contributed by atoms with E-state index in [0.29, 0.717) is 6.04 Å². The van der Waals surface area contributed by atoms with Gasteiger partial charge in [-0.2, -0.15) is 0 Å². The molecule has 0 spiro atoms. The Morgan fingerprint density at radius 3 is 1.50 bits per heavy atom. The zero-order valence-electron chi connectivity index (χ0n) is 10.4. The van der Waals surface area contributed by atoms with E-state index < -0.39 is 0 Å². The predicted molar refractivity (Wildman–Crippen MR) is 69.7 cm³/mol. The van der Waals surface area contributed by atoms with Crippen LogP contribution in [0.4, 0.5) is 0 Å². The largest absolute Gasteiger partial charge is 1.00 e. The highest BCUT2D eigenvalue weighted by atomic mass is 35.5. The third kappa shape index (κ3) is 5.34. The van der Waals surface area contributed by atoms with E-state index in [1.807, 2.05) is 24.3 Å². The van der Waals surface area contributed by atoms with Crippen LogP contribution in [-0.2, 0) is 0 Å². The van der Waals surface area contributed by atoms with Crippen LogP contribution in [0.3, 0.4) is 0 Å². The summed E-state index contributed by atoms with van der Waals surface area (Å²) in [5.74, 6) is 0. The third-order valence-corrected chi connectivity index (χ3v) is 2.85. The Hall–Kier alpha value is -0.790. The van der Waals surface area contributed by atoms with E-state index in [9.17, 15) is 0 Å². The van der Waals surface area contributed by atoms with Gasteiger partial charge in [-0.25, -0.2) is 0 Å². The number of likely N-dealkylation sites (N-methyl/N-ethyl adjacent to an activating group) is 1. The molecule has 16 heavy (non-hydrogen) atoms. The van der Waals surface area contributed by atoms with Crippen molar-refractivity contribution < 1.29 is 16.9 Å². The lowest BCUT2D eigenvalue weighted by atomic mass is 10.1. The van der Waals surface area contributed by atoms with Crippen LogP contribution in [0.5, 0.6) is 0 Å². The van der Waals surface area contributed by atoms with Gasteiger partial charge in [0.05, 0.1) is 26.2 Å². The monoisotopic (exact) mass is 241 g/mol. The fourth-order valence-electron chi connectivity index (χ4n) is 1.95. The van der Waals surface area contributed by atoms with Crippen LogP contribution >= 0.6 is 0 Å². The Kier molecular flexibility index (Phi) is 10.4. The first-order valence-electron chi connectivity index (χ1n) is 5.42. The third-order valence-electron chi connectivity index (χ3n) is 2.85. The van der Waals surface area contributed by atoms with Crippen molar-refractivity contribution in [1.29, 1.82) is 0 Å². The molecular formula is C14H24ClN. The quantitative estimate of drug-likeness (QED) is 0.403. The Morgan fingerprint density at radius 2 is 1.25 bits per heavy atom. The molecule has 92 valence electrons. The van der Waals surface area contributed by atoms with Gasteiger partial charge >= 0.3 is 0 Å². The molecule has 0 aromatic heterocycles. The smallest absolute Gasteiger partial charge is 0.0973 e. The molecule has 2 heteroatoms. The molecular weight excluding hydrogens is 218 g/mol. The lowest BCUT2D eigenvalue weighted by molar-refractivity contribution is -0.922. The van der Waals surface area contributed by atoms with Crippen molar-refractivity contribution >= 4 is 0 Å². The lowest BCUT2D eigenvalue weighted by Crippen LogP contribution is -3.00. The summed E-state index contributed by atoms with van der Waals surface area (Å²) in [6, 6.07) is 0.524. The molecule has 0 radical (unpaired) electrons. The molecule has 0 aliphatic heterocycles. The van der Waals surface area contributed by atoms with Crippen LogP contribution in [0.1, 0.15) is 12.8 Å². The molecule has 0 saturated carbocycles. The number of nitrogens with zero attached hydrogens (tertiary/aromatic N) is 1. The average Bonchev–Trinajstić information content (AvgIpc) is 2.18. The molecule has 0 atom stereocenters. The van der Waals surface area contributed by atoms with Crippen molar-refractivity contribution in [3.05, 3.63) is 50.6 Å². The van der Waals surface area contributed by atoms with Crippen LogP contribution in [0.25, 0.3) is 0 Å². The van der Waals surface area contributed by atoms with Crippen LogP contribution in [0, 0.1) is 0 Å². The highest BCUT2D eigenvalue weighted by Crippen LogP contribution is 2.18. The van der Waals surface area contributed by atoms with Crippen LogP contribution in [0.2, 0.25) is 0 Å². The van der Waals surface area contributed by atoms with Crippen molar-refractivity contribution in [2.24, 2.45) is 0 Å². The zero-order chi connectivity index (χ0) is 11.7. The summed E-state index contributed by atoms with van der Waals surface area (Å²) < 4.78 is 0.936. The number of hydrogen-bond acceptors (Lipinski definition) is 0. The van der Waals surface area contributed by atoms with E-state index >= 15 is 0 Å². The predicted octanol–water partition coefficient (Wildman–Crippen LogP) is 0.330. The van der Waals surface area contributed by atoms with Gasteiger partial charge in [-0.3, -0.25) is 0 Å². The molecule has 0 aliphatic rings. The topological polar surface area (TPSA) is 0 Å². The minimum atomic E-state index is 0. The summed E-state index contributed by atoms with van der Waals surface area (Å²) in [5.41, 5.74) is 0. The van der Waals surface area contributed by atoms with E-state index in [1.165, 1.54) is 0 Å². The number of halogens is 1. The van der Waals surface area contributed by atoms with Gasteiger partial charge in [-0.05, 0) is 12.2 Å². The number of rotatable bonds is 9. The molecule has 0 fully saturated rings. The maximum Gasteiger partial charge on any atom is 0.0973 e. The molecule has 0 aromatic carbocycles. The Morgan fingerprint density at radius 1 is 0.875 bits per heavy atom. The fraction of sp³-hybridized carbons (Fsp3) is 0.429. The van der Waals surface area contributed by atoms with Crippen molar-refractivity contribution in [2.45, 2.75) is 18.9 Å². The first-order chi connectivity index (χ1) is 7.14. The van der Waals surface area contributed by atoms with Crippen LogP contribution in [0.15, 0.2) is 50.6 Å². The van der Waals surface area contributed by atoms with Gasteiger partial charge in [0.15, 0.2) is 0 Å². The van der Waals surface area contributed by atoms with Gasteiger partial charge in [-0.1, -0.05) is 25.3 Å². The SMILES string of the molecule is C=CCC(CC=C)[N+](C)(CC=C)CC=C.[Cl-]. The summed E-state index contributed by atoms with van der Waals surface area (Å²) in [6.45, 7) is 17.2. The second-order valence-electron chi connectivity index (χ2n) is 4.12. The van der Waals surface area contributed by atoms with Gasteiger partial charge in [-0.15, -0.1) is 13.2 Å². The molecule has 0 bridgehead atoms. The summed E-state index contributed by atoms with van der Waals surface area (Å²) in [5, 5.41) is 0. The highest BCUT2D eigenvalue weighted by molar-refractivity contribution is 4.83. The van der Waals surface area contributed by atoms with Crippen molar-refractivity contribution in [3.63, 3.8) is 0 Å². The van der Waals surface area contributed by atoms with Crippen LogP contribution in [-0.4, -0.2) is 30.7 Å². The number of hydrogen-bond donors (Lipinski definition) is 0. The standard InChI is InChI=1S/C14H24N.ClH/c1-6-10-14(11-7-2)15(5,12-8-3)13-9-4;/h6-9,14H,1-4,10-13H2,5H3;1H/q+1;/p-1. The van der Waals surface area contributed by atoms with E-state index in [1.54, 1.807) is 0 Å². The summed E-state index contributed by atoms with van der Waals surface area (Å²) >= 11 is 0. The van der Waals surface area contributed by atoms with Crippen molar-refractivity contribution in [3.8, 4) is 0 Å². The van der Waals surface area contributed by atoms with Crippen molar-refractivity contribution in [2.75, 3.05) is 20.1 Å². The Labute approximate surface area is 107 Å². The highest BCUT2D eigenvalue weighted by Gasteiger charge is 2.28. The molecule has 0 heterocycles. The van der Waals surface area contributed by atoms with Gasteiger partial charge in [0.1, 0.15) is 0 Å². The van der Waals surface area contributed by atoms with E-state index in [0.717, 1.165) is 30.4 Å². The maximum atomic E-state index is 3.83. The van der Waals surface area contributed by atoms with E-state index in [4.69, 9.17) is 0 Å². The Bertz CT molecular complexity index is 213. The summed E-state index contributed by atoms with van der Waals surface area (Å²) in [4.78, 5) is 0. The minimum Gasteiger partial charge on any atom is -1.00 e. The first-order valence-corrected chi connectivity index (χ1v) is 5.42. The van der Waals surface area contributed by atoms with E-state index in [-0.39, 0.29) is 12.4 Å². The second-order valence-corrected chi connectivity index (χ2v) is 4.12. The van der Waals surface area contributed by atoms with Crippen LogP contribution < -0.4 is 12.4 Å². The van der Waals surface area contributed by atoms with Gasteiger partial charge in [0.2, 0.25) is 0 Å². The average molecular weight is 242 g/mol. The lowest BCUT2D eigenvalue weighted by Gasteiger charge is -2.39. The van der Waals surface area contributed by atoms with Gasteiger partial charge in [0, 0.05) is 12.8 Å². The van der Waals surface area contributed by atoms with Crippen molar-refractivity contribution in [1.82, 2.24) is 0 Å². The molecule has 0 aromatic rings. The molecule has 1 nitrogen and oxygen atoms in total. The first kappa shape index (κ1) is 17.6. The number of quaternary nitrogens is 1. The van der Waals surface area contributed by atoms with Gasteiger partial charge < -0.3 is 16.9 Å². The molecule has 0 amide bonds.